The predicted molar refractivity (Wildman–Crippen MR) is 107 cm³/mol. The van der Waals surface area contributed by atoms with Gasteiger partial charge in [0.2, 0.25) is 0 Å². The Balaban J connectivity index is 1.58. The number of nitrogens with one attached hydrogen (secondary N) is 1. The van der Waals surface area contributed by atoms with Gasteiger partial charge in [0.1, 0.15) is 12.2 Å². The van der Waals surface area contributed by atoms with Gasteiger partial charge in [0, 0.05) is 6.54 Å². The van der Waals surface area contributed by atoms with Crippen LogP contribution in [0.3, 0.4) is 0 Å². The van der Waals surface area contributed by atoms with Crippen molar-refractivity contribution in [1.82, 2.24) is 5.32 Å². The number of benzene rings is 2. The third-order valence-electron chi connectivity index (χ3n) is 4.61. The topological polar surface area (TPSA) is 39.7 Å². The highest BCUT2D eigenvalue weighted by molar-refractivity contribution is 5.15. The average Bonchev–Trinajstić information content (AvgIpc) is 2.98. The molecule has 3 atom stereocenters. The largest absolute Gasteiger partial charge is 0.374 e. The molecule has 1 aliphatic heterocycles. The molecule has 4 nitrogen and oxygen atoms in total. The van der Waals surface area contributed by atoms with Gasteiger partial charge in [-0.1, -0.05) is 66.7 Å². The smallest absolute Gasteiger partial charge is 0.163 e. The highest BCUT2D eigenvalue weighted by Gasteiger charge is 2.44. The summed E-state index contributed by atoms with van der Waals surface area (Å²) in [5, 5.41) is 3.52. The van der Waals surface area contributed by atoms with Gasteiger partial charge in [-0.05, 0) is 25.0 Å². The van der Waals surface area contributed by atoms with E-state index in [2.05, 4.69) is 36.2 Å². The van der Waals surface area contributed by atoms with E-state index in [1.807, 2.05) is 56.3 Å². The van der Waals surface area contributed by atoms with Gasteiger partial charge < -0.3 is 19.5 Å². The maximum absolute atomic E-state index is 6.17. The zero-order chi connectivity index (χ0) is 19.1. The molecule has 0 amide bonds. The minimum atomic E-state index is -0.638. The Morgan fingerprint density at radius 2 is 1.67 bits per heavy atom. The molecule has 2 aromatic carbocycles. The first-order chi connectivity index (χ1) is 13.1. The van der Waals surface area contributed by atoms with E-state index in [9.17, 15) is 0 Å². The normalized spacial score (nSPS) is 22.4. The lowest BCUT2D eigenvalue weighted by Crippen LogP contribution is -2.45. The van der Waals surface area contributed by atoms with E-state index in [-0.39, 0.29) is 18.2 Å². The number of rotatable bonds is 9. The second kappa shape index (κ2) is 9.29. The van der Waals surface area contributed by atoms with Gasteiger partial charge in [-0.2, -0.15) is 0 Å². The van der Waals surface area contributed by atoms with Crippen molar-refractivity contribution in [2.75, 3.05) is 6.61 Å². The molecule has 1 unspecified atom stereocenters. The van der Waals surface area contributed by atoms with E-state index in [0.29, 0.717) is 13.2 Å². The van der Waals surface area contributed by atoms with Crippen LogP contribution in [-0.4, -0.2) is 30.6 Å². The first-order valence-electron chi connectivity index (χ1n) is 9.44. The lowest BCUT2D eigenvalue weighted by molar-refractivity contribution is -0.152. The maximum Gasteiger partial charge on any atom is 0.163 e. The minimum absolute atomic E-state index is 0.0303. The third kappa shape index (κ3) is 5.75. The van der Waals surface area contributed by atoms with Crippen LogP contribution < -0.4 is 5.32 Å². The average molecular weight is 367 g/mol. The second-order valence-corrected chi connectivity index (χ2v) is 7.27. The summed E-state index contributed by atoms with van der Waals surface area (Å²) >= 11 is 0. The van der Waals surface area contributed by atoms with Gasteiger partial charge in [0.15, 0.2) is 5.79 Å². The predicted octanol–water partition coefficient (Wildman–Crippen LogP) is 4.07. The molecule has 1 N–H and O–H groups in total. The van der Waals surface area contributed by atoms with Gasteiger partial charge in [0.05, 0.1) is 19.3 Å². The molecule has 0 spiro atoms. The van der Waals surface area contributed by atoms with Gasteiger partial charge in [-0.3, -0.25) is 0 Å². The SMILES string of the molecule is C=C[C@@H](NCc1ccccc1)[C@H]1OC(C)(C)OC1COCc1ccccc1. The van der Waals surface area contributed by atoms with E-state index in [1.54, 1.807) is 0 Å². The first-order valence-corrected chi connectivity index (χ1v) is 9.44. The Bertz CT molecular complexity index is 702. The van der Waals surface area contributed by atoms with Crippen LogP contribution in [0.5, 0.6) is 0 Å². The summed E-state index contributed by atoms with van der Waals surface area (Å²) in [7, 11) is 0. The fourth-order valence-corrected chi connectivity index (χ4v) is 3.33. The van der Waals surface area contributed by atoms with Crippen LogP contribution in [0.25, 0.3) is 0 Å². The Kier molecular flexibility index (Phi) is 6.80. The van der Waals surface area contributed by atoms with Crippen LogP contribution >= 0.6 is 0 Å². The third-order valence-corrected chi connectivity index (χ3v) is 4.61. The van der Waals surface area contributed by atoms with Crippen molar-refractivity contribution in [2.45, 2.75) is 51.0 Å². The standard InChI is InChI=1S/C23H29NO3/c1-4-20(24-15-18-11-7-5-8-12-18)22-21(26-23(2,3)27-22)17-25-16-19-13-9-6-10-14-19/h4-14,20-22,24H,1,15-17H2,2-3H3/t20-,21?,22-/m1/s1. The molecule has 144 valence electrons. The van der Waals surface area contributed by atoms with Crippen LogP contribution in [-0.2, 0) is 27.4 Å². The van der Waals surface area contributed by atoms with E-state index in [0.717, 1.165) is 12.1 Å². The van der Waals surface area contributed by atoms with Crippen molar-refractivity contribution in [2.24, 2.45) is 0 Å². The van der Waals surface area contributed by atoms with Crippen LogP contribution in [0.2, 0.25) is 0 Å². The quantitative estimate of drug-likeness (QED) is 0.678. The number of hydrogen-bond acceptors (Lipinski definition) is 4. The Hall–Kier alpha value is -1.98. The molecule has 0 aliphatic carbocycles. The van der Waals surface area contributed by atoms with E-state index < -0.39 is 5.79 Å². The molecule has 0 radical (unpaired) electrons. The molecular weight excluding hydrogens is 338 g/mol. The van der Waals surface area contributed by atoms with Crippen molar-refractivity contribution < 1.29 is 14.2 Å². The lowest BCUT2D eigenvalue weighted by Gasteiger charge is -2.25. The summed E-state index contributed by atoms with van der Waals surface area (Å²) in [5.41, 5.74) is 2.37. The number of hydrogen-bond donors (Lipinski definition) is 1. The molecule has 1 heterocycles. The molecular formula is C23H29NO3. The lowest BCUT2D eigenvalue weighted by atomic mass is 10.1. The second-order valence-electron chi connectivity index (χ2n) is 7.27. The first kappa shape index (κ1) is 19.8. The van der Waals surface area contributed by atoms with Crippen LogP contribution in [0.15, 0.2) is 73.3 Å². The zero-order valence-corrected chi connectivity index (χ0v) is 16.1. The molecule has 27 heavy (non-hydrogen) atoms. The monoisotopic (exact) mass is 367 g/mol. The van der Waals surface area contributed by atoms with Gasteiger partial charge in [-0.15, -0.1) is 6.58 Å². The maximum atomic E-state index is 6.17. The number of ether oxygens (including phenoxy) is 3. The summed E-state index contributed by atoms with van der Waals surface area (Å²) in [6.07, 6.45) is 1.58. The summed E-state index contributed by atoms with van der Waals surface area (Å²) < 4.78 is 18.2. The van der Waals surface area contributed by atoms with Crippen molar-refractivity contribution in [3.8, 4) is 0 Å². The molecule has 0 saturated carbocycles. The van der Waals surface area contributed by atoms with Gasteiger partial charge in [-0.25, -0.2) is 0 Å². The van der Waals surface area contributed by atoms with Crippen molar-refractivity contribution >= 4 is 0 Å². The van der Waals surface area contributed by atoms with E-state index in [1.165, 1.54) is 5.56 Å². The summed E-state index contributed by atoms with van der Waals surface area (Å²) in [6.45, 7) is 9.64. The fraction of sp³-hybridized carbons (Fsp3) is 0.391. The minimum Gasteiger partial charge on any atom is -0.374 e. The van der Waals surface area contributed by atoms with Crippen LogP contribution in [0, 0.1) is 0 Å². The summed E-state index contributed by atoms with van der Waals surface area (Å²) in [6, 6.07) is 20.4. The Morgan fingerprint density at radius 1 is 1.04 bits per heavy atom. The van der Waals surface area contributed by atoms with Crippen molar-refractivity contribution in [3.63, 3.8) is 0 Å². The van der Waals surface area contributed by atoms with E-state index >= 15 is 0 Å². The van der Waals surface area contributed by atoms with Crippen LogP contribution in [0.4, 0.5) is 0 Å². The highest BCUT2D eigenvalue weighted by atomic mass is 16.8. The molecule has 2 aromatic rings. The molecule has 4 heteroatoms. The Morgan fingerprint density at radius 3 is 2.30 bits per heavy atom. The van der Waals surface area contributed by atoms with Crippen molar-refractivity contribution in [1.29, 1.82) is 0 Å². The summed E-state index contributed by atoms with van der Waals surface area (Å²) in [5.74, 6) is -0.638. The molecule has 1 saturated heterocycles. The van der Waals surface area contributed by atoms with Gasteiger partial charge in [0.25, 0.3) is 0 Å². The van der Waals surface area contributed by atoms with Crippen molar-refractivity contribution in [3.05, 3.63) is 84.4 Å². The fourth-order valence-electron chi connectivity index (χ4n) is 3.33. The molecule has 0 bridgehead atoms. The molecule has 0 aromatic heterocycles. The molecule has 3 rings (SSSR count). The van der Waals surface area contributed by atoms with Crippen LogP contribution in [0.1, 0.15) is 25.0 Å². The molecule has 1 fully saturated rings. The van der Waals surface area contributed by atoms with E-state index in [4.69, 9.17) is 14.2 Å². The summed E-state index contributed by atoms with van der Waals surface area (Å²) in [4.78, 5) is 0. The Labute approximate surface area is 162 Å². The van der Waals surface area contributed by atoms with Gasteiger partial charge >= 0.3 is 0 Å². The highest BCUT2D eigenvalue weighted by Crippen LogP contribution is 2.30. The zero-order valence-electron chi connectivity index (χ0n) is 16.1. The molecule has 1 aliphatic rings.